The van der Waals surface area contributed by atoms with Crippen LogP contribution in [0.4, 0.5) is 0 Å². The zero-order valence-corrected chi connectivity index (χ0v) is 14.2. The molecule has 0 bridgehead atoms. The molecule has 0 saturated carbocycles. The Kier molecular flexibility index (Phi) is 5.95. The number of benzene rings is 1. The van der Waals surface area contributed by atoms with Crippen molar-refractivity contribution >= 4 is 18.2 Å². The highest BCUT2D eigenvalue weighted by Gasteiger charge is 2.13. The molecule has 1 amide bonds. The van der Waals surface area contributed by atoms with E-state index < -0.39 is 0 Å². The summed E-state index contributed by atoms with van der Waals surface area (Å²) in [5.74, 6) is 1.05. The van der Waals surface area contributed by atoms with Crippen molar-refractivity contribution in [3.05, 3.63) is 60.1 Å². The molecule has 0 aliphatic heterocycles. The Bertz CT molecular complexity index is 693. The molecule has 24 heavy (non-hydrogen) atoms. The Morgan fingerprint density at radius 2 is 2.00 bits per heavy atom. The van der Waals surface area contributed by atoms with Crippen LogP contribution < -0.4 is 10.2 Å². The van der Waals surface area contributed by atoms with Crippen molar-refractivity contribution in [1.82, 2.24) is 5.43 Å². The van der Waals surface area contributed by atoms with E-state index in [0.29, 0.717) is 5.75 Å². The summed E-state index contributed by atoms with van der Waals surface area (Å²) in [6.45, 7) is 6.35. The van der Waals surface area contributed by atoms with Crippen LogP contribution in [0.5, 0.6) is 5.75 Å². The molecule has 0 saturated heterocycles. The van der Waals surface area contributed by atoms with Gasteiger partial charge in [0.25, 0.3) is 5.91 Å². The minimum atomic E-state index is -0.322. The van der Waals surface area contributed by atoms with Crippen molar-refractivity contribution in [2.45, 2.75) is 26.2 Å². The third-order valence-corrected chi connectivity index (χ3v) is 3.24. The van der Waals surface area contributed by atoms with E-state index in [2.05, 4.69) is 31.3 Å². The van der Waals surface area contributed by atoms with Crippen LogP contribution in [0.25, 0.3) is 6.08 Å². The highest BCUT2D eigenvalue weighted by molar-refractivity contribution is 5.81. The van der Waals surface area contributed by atoms with E-state index in [9.17, 15) is 4.79 Å². The minimum absolute atomic E-state index is 0.0892. The first-order valence-corrected chi connectivity index (χ1v) is 7.70. The Hall–Kier alpha value is -2.82. The number of amides is 1. The number of hydrogen-bond acceptors (Lipinski definition) is 4. The van der Waals surface area contributed by atoms with E-state index in [1.165, 1.54) is 11.8 Å². The fourth-order valence-electron chi connectivity index (χ4n) is 1.91. The SMILES string of the molecule is CC(C)(C)c1ccc(OCC(=O)NN=CC=Cc2ccco2)cc1. The van der Waals surface area contributed by atoms with Gasteiger partial charge in [0.1, 0.15) is 11.5 Å². The second-order valence-electron chi connectivity index (χ2n) is 6.25. The molecule has 0 aliphatic carbocycles. The van der Waals surface area contributed by atoms with Crippen LogP contribution in [-0.4, -0.2) is 18.7 Å². The van der Waals surface area contributed by atoms with E-state index >= 15 is 0 Å². The lowest BCUT2D eigenvalue weighted by atomic mass is 9.87. The van der Waals surface area contributed by atoms with Gasteiger partial charge in [-0.1, -0.05) is 32.9 Å². The fourth-order valence-corrected chi connectivity index (χ4v) is 1.91. The van der Waals surface area contributed by atoms with Crippen LogP contribution in [0.2, 0.25) is 0 Å². The van der Waals surface area contributed by atoms with Gasteiger partial charge in [-0.2, -0.15) is 5.10 Å². The largest absolute Gasteiger partial charge is 0.484 e. The Labute approximate surface area is 142 Å². The lowest BCUT2D eigenvalue weighted by Gasteiger charge is -2.19. The molecule has 0 spiro atoms. The van der Waals surface area contributed by atoms with E-state index in [4.69, 9.17) is 9.15 Å². The number of hydrogen-bond donors (Lipinski definition) is 1. The topological polar surface area (TPSA) is 63.8 Å². The lowest BCUT2D eigenvalue weighted by molar-refractivity contribution is -0.123. The van der Waals surface area contributed by atoms with Gasteiger partial charge in [0, 0.05) is 6.21 Å². The van der Waals surface area contributed by atoms with Gasteiger partial charge in [-0.25, -0.2) is 5.43 Å². The van der Waals surface area contributed by atoms with Crippen LogP contribution in [0.3, 0.4) is 0 Å². The van der Waals surface area contributed by atoms with Crippen molar-refractivity contribution in [2.24, 2.45) is 5.10 Å². The molecule has 0 aliphatic rings. The summed E-state index contributed by atoms with van der Waals surface area (Å²) in [7, 11) is 0. The van der Waals surface area contributed by atoms with Gasteiger partial charge in [0.2, 0.25) is 0 Å². The molecule has 5 heteroatoms. The van der Waals surface area contributed by atoms with Crippen LogP contribution in [0, 0.1) is 0 Å². The number of nitrogens with one attached hydrogen (secondary N) is 1. The predicted molar refractivity (Wildman–Crippen MR) is 95.0 cm³/mol. The first-order valence-electron chi connectivity index (χ1n) is 7.70. The molecule has 2 aromatic rings. The molecule has 1 aromatic carbocycles. The molecule has 0 radical (unpaired) electrons. The first kappa shape index (κ1) is 17.5. The van der Waals surface area contributed by atoms with Gasteiger partial charge in [0.15, 0.2) is 6.61 Å². The molecule has 1 N–H and O–H groups in total. The van der Waals surface area contributed by atoms with Crippen molar-refractivity contribution in [2.75, 3.05) is 6.61 Å². The average Bonchev–Trinajstić information content (AvgIpc) is 3.05. The summed E-state index contributed by atoms with van der Waals surface area (Å²) in [6, 6.07) is 11.4. The normalized spacial score (nSPS) is 12.0. The molecule has 2 rings (SSSR count). The number of carbonyl (C=O) groups excluding carboxylic acids is 1. The molecule has 126 valence electrons. The number of carbonyl (C=O) groups is 1. The molecule has 1 heterocycles. The Morgan fingerprint density at radius 3 is 2.62 bits per heavy atom. The first-order chi connectivity index (χ1) is 11.4. The number of ether oxygens (including phenoxy) is 1. The van der Waals surface area contributed by atoms with Gasteiger partial charge in [0.05, 0.1) is 6.26 Å². The molecule has 0 fully saturated rings. The quantitative estimate of drug-likeness (QED) is 0.649. The van der Waals surface area contributed by atoms with Gasteiger partial charge in [-0.3, -0.25) is 4.79 Å². The monoisotopic (exact) mass is 326 g/mol. The number of hydrazone groups is 1. The summed E-state index contributed by atoms with van der Waals surface area (Å²) in [5.41, 5.74) is 3.70. The van der Waals surface area contributed by atoms with Crippen molar-refractivity contribution in [3.63, 3.8) is 0 Å². The van der Waals surface area contributed by atoms with E-state index in [0.717, 1.165) is 5.76 Å². The fraction of sp³-hybridized carbons (Fsp3) is 0.263. The maximum absolute atomic E-state index is 11.6. The number of furan rings is 1. The highest BCUT2D eigenvalue weighted by Crippen LogP contribution is 2.24. The second-order valence-corrected chi connectivity index (χ2v) is 6.25. The molecule has 0 unspecified atom stereocenters. The summed E-state index contributed by atoms with van der Waals surface area (Å²) >= 11 is 0. The van der Waals surface area contributed by atoms with Crippen LogP contribution in [0.15, 0.2) is 58.3 Å². The third-order valence-electron chi connectivity index (χ3n) is 3.24. The van der Waals surface area contributed by atoms with Crippen LogP contribution in [0.1, 0.15) is 32.1 Å². The van der Waals surface area contributed by atoms with Crippen molar-refractivity contribution < 1.29 is 13.9 Å². The van der Waals surface area contributed by atoms with Gasteiger partial charge >= 0.3 is 0 Å². The Balaban J connectivity index is 1.73. The smallest absolute Gasteiger partial charge is 0.277 e. The lowest BCUT2D eigenvalue weighted by Crippen LogP contribution is -2.24. The predicted octanol–water partition coefficient (Wildman–Crippen LogP) is 3.77. The minimum Gasteiger partial charge on any atom is -0.484 e. The zero-order valence-electron chi connectivity index (χ0n) is 14.2. The second kappa shape index (κ2) is 8.15. The summed E-state index contributed by atoms with van der Waals surface area (Å²) in [6.07, 6.45) is 6.47. The van der Waals surface area contributed by atoms with Gasteiger partial charge in [-0.15, -0.1) is 0 Å². The van der Waals surface area contributed by atoms with Crippen molar-refractivity contribution in [3.8, 4) is 5.75 Å². The third kappa shape index (κ3) is 5.76. The number of rotatable bonds is 6. The average molecular weight is 326 g/mol. The number of allylic oxidation sites excluding steroid dienone is 1. The summed E-state index contributed by atoms with van der Waals surface area (Å²) in [5, 5.41) is 3.80. The summed E-state index contributed by atoms with van der Waals surface area (Å²) in [4.78, 5) is 11.6. The Morgan fingerprint density at radius 1 is 1.25 bits per heavy atom. The molecule has 0 atom stereocenters. The highest BCUT2D eigenvalue weighted by atomic mass is 16.5. The van der Waals surface area contributed by atoms with Crippen LogP contribution in [-0.2, 0) is 10.2 Å². The molecular formula is C19H22N2O3. The number of nitrogens with zero attached hydrogens (tertiary/aromatic N) is 1. The maximum Gasteiger partial charge on any atom is 0.277 e. The van der Waals surface area contributed by atoms with Crippen molar-refractivity contribution in [1.29, 1.82) is 0 Å². The van der Waals surface area contributed by atoms with Gasteiger partial charge < -0.3 is 9.15 Å². The molecule has 5 nitrogen and oxygen atoms in total. The van der Waals surface area contributed by atoms with E-state index in [-0.39, 0.29) is 17.9 Å². The standard InChI is InChI=1S/C19H22N2O3/c1-19(2,3)15-8-10-17(11-9-15)24-14-18(22)21-20-12-4-6-16-7-5-13-23-16/h4-13H,14H2,1-3H3,(H,21,22). The molecule has 1 aromatic heterocycles. The maximum atomic E-state index is 11.6. The zero-order chi connectivity index (χ0) is 17.4. The van der Waals surface area contributed by atoms with E-state index in [1.807, 2.05) is 30.3 Å². The van der Waals surface area contributed by atoms with Crippen LogP contribution >= 0.6 is 0 Å². The van der Waals surface area contributed by atoms with E-state index in [1.54, 1.807) is 24.5 Å². The summed E-state index contributed by atoms with van der Waals surface area (Å²) < 4.78 is 10.6. The van der Waals surface area contributed by atoms with Gasteiger partial charge in [-0.05, 0) is 47.4 Å². The molecular weight excluding hydrogens is 304 g/mol.